The van der Waals surface area contributed by atoms with Gasteiger partial charge in [-0.2, -0.15) is 0 Å². The van der Waals surface area contributed by atoms with Gasteiger partial charge in [-0.25, -0.2) is 0 Å². The molecule has 2 amide bonds. The average Bonchev–Trinajstić information content (AvgIpc) is 2.99. The molecule has 2 aliphatic rings. The molecular formula is C17H23N3O3. The number of benzene rings is 1. The summed E-state index contributed by atoms with van der Waals surface area (Å²) < 4.78 is 5.66. The quantitative estimate of drug-likeness (QED) is 0.900. The molecule has 1 aromatic carbocycles. The number of anilines is 1. The van der Waals surface area contributed by atoms with E-state index in [2.05, 4.69) is 5.32 Å². The van der Waals surface area contributed by atoms with Crippen LogP contribution in [0.4, 0.5) is 5.69 Å². The molecular weight excluding hydrogens is 294 g/mol. The molecule has 0 bridgehead atoms. The molecule has 23 heavy (non-hydrogen) atoms. The highest BCUT2D eigenvalue weighted by atomic mass is 16.5. The normalized spacial score (nSPS) is 21.6. The summed E-state index contributed by atoms with van der Waals surface area (Å²) in [5, 5.41) is 3.26. The Morgan fingerprint density at radius 2 is 2.26 bits per heavy atom. The third kappa shape index (κ3) is 3.64. The van der Waals surface area contributed by atoms with E-state index in [4.69, 9.17) is 4.74 Å². The van der Waals surface area contributed by atoms with Crippen LogP contribution in [0.3, 0.4) is 0 Å². The lowest BCUT2D eigenvalue weighted by atomic mass is 10.2. The summed E-state index contributed by atoms with van der Waals surface area (Å²) in [6.45, 7) is 5.16. The molecule has 0 saturated carbocycles. The first kappa shape index (κ1) is 15.8. The zero-order chi connectivity index (χ0) is 16.2. The minimum absolute atomic E-state index is 0.00153. The van der Waals surface area contributed by atoms with Crippen LogP contribution in [-0.2, 0) is 9.59 Å². The fourth-order valence-electron chi connectivity index (χ4n) is 3.10. The van der Waals surface area contributed by atoms with E-state index in [1.165, 1.54) is 0 Å². The van der Waals surface area contributed by atoms with E-state index in [0.29, 0.717) is 18.7 Å². The van der Waals surface area contributed by atoms with Crippen molar-refractivity contribution in [3.63, 3.8) is 0 Å². The van der Waals surface area contributed by atoms with Crippen LogP contribution in [-0.4, -0.2) is 55.5 Å². The highest BCUT2D eigenvalue weighted by Gasteiger charge is 2.24. The van der Waals surface area contributed by atoms with E-state index in [1.807, 2.05) is 36.1 Å². The summed E-state index contributed by atoms with van der Waals surface area (Å²) in [5.74, 6) is 0.771. The van der Waals surface area contributed by atoms with Crippen molar-refractivity contribution in [1.82, 2.24) is 10.2 Å². The number of hydrogen-bond donors (Lipinski definition) is 1. The smallest absolute Gasteiger partial charge is 0.260 e. The number of amides is 2. The highest BCUT2D eigenvalue weighted by Crippen LogP contribution is 2.25. The van der Waals surface area contributed by atoms with Gasteiger partial charge in [-0.15, -0.1) is 0 Å². The predicted molar refractivity (Wildman–Crippen MR) is 87.6 cm³/mol. The van der Waals surface area contributed by atoms with Crippen molar-refractivity contribution in [3.05, 3.63) is 24.3 Å². The van der Waals surface area contributed by atoms with Crippen LogP contribution in [0.25, 0.3) is 0 Å². The van der Waals surface area contributed by atoms with Gasteiger partial charge in [0.2, 0.25) is 5.91 Å². The number of piperazine rings is 1. The summed E-state index contributed by atoms with van der Waals surface area (Å²) in [5.41, 5.74) is 0.841. The first-order chi connectivity index (χ1) is 11.1. The Morgan fingerprint density at radius 3 is 3.00 bits per heavy atom. The number of carbonyl (C=O) groups is 2. The average molecular weight is 317 g/mol. The summed E-state index contributed by atoms with van der Waals surface area (Å²) in [6, 6.07) is 7.59. The lowest BCUT2D eigenvalue weighted by molar-refractivity contribution is -0.136. The van der Waals surface area contributed by atoms with Crippen LogP contribution < -0.4 is 15.0 Å². The third-order valence-corrected chi connectivity index (χ3v) is 4.39. The van der Waals surface area contributed by atoms with Crippen LogP contribution in [0.2, 0.25) is 0 Å². The standard InChI is InChI=1S/C17H23N3O3/c1-13-11-18-7-9-19(13)17(22)12-23-15-5-2-4-14(10-15)20-8-3-6-16(20)21/h2,4-5,10,13,18H,3,6-9,11-12H2,1H3/t13-/m1/s1. The van der Waals surface area contributed by atoms with Crippen molar-refractivity contribution in [2.75, 3.05) is 37.7 Å². The van der Waals surface area contributed by atoms with Gasteiger partial charge in [0.05, 0.1) is 0 Å². The van der Waals surface area contributed by atoms with Crippen molar-refractivity contribution in [1.29, 1.82) is 0 Å². The second-order valence-corrected chi connectivity index (χ2v) is 6.08. The Hall–Kier alpha value is -2.08. The molecule has 0 aromatic heterocycles. The van der Waals surface area contributed by atoms with Gasteiger partial charge in [-0.1, -0.05) is 6.07 Å². The predicted octanol–water partition coefficient (Wildman–Crippen LogP) is 1.01. The van der Waals surface area contributed by atoms with Crippen LogP contribution in [0.1, 0.15) is 19.8 Å². The van der Waals surface area contributed by atoms with Crippen LogP contribution in [0, 0.1) is 0 Å². The van der Waals surface area contributed by atoms with Crippen molar-refractivity contribution < 1.29 is 14.3 Å². The first-order valence-electron chi connectivity index (χ1n) is 8.18. The molecule has 2 saturated heterocycles. The second kappa shape index (κ2) is 7.00. The maximum Gasteiger partial charge on any atom is 0.260 e. The molecule has 2 heterocycles. The van der Waals surface area contributed by atoms with Crippen molar-refractivity contribution >= 4 is 17.5 Å². The Bertz CT molecular complexity index is 590. The molecule has 6 heteroatoms. The van der Waals surface area contributed by atoms with E-state index in [1.54, 1.807) is 4.90 Å². The molecule has 6 nitrogen and oxygen atoms in total. The fourth-order valence-corrected chi connectivity index (χ4v) is 3.10. The molecule has 124 valence electrons. The summed E-state index contributed by atoms with van der Waals surface area (Å²) in [6.07, 6.45) is 1.49. The van der Waals surface area contributed by atoms with E-state index >= 15 is 0 Å². The number of hydrogen-bond acceptors (Lipinski definition) is 4. The van der Waals surface area contributed by atoms with Gasteiger partial charge >= 0.3 is 0 Å². The summed E-state index contributed by atoms with van der Waals surface area (Å²) in [4.78, 5) is 27.7. The van der Waals surface area contributed by atoms with Gasteiger partial charge in [-0.3, -0.25) is 9.59 Å². The Balaban J connectivity index is 1.60. The number of ether oxygens (including phenoxy) is 1. The van der Waals surface area contributed by atoms with Gasteiger partial charge in [0.25, 0.3) is 5.91 Å². The maximum atomic E-state index is 12.3. The second-order valence-electron chi connectivity index (χ2n) is 6.08. The van der Waals surface area contributed by atoms with Crippen LogP contribution >= 0.6 is 0 Å². The molecule has 3 rings (SSSR count). The van der Waals surface area contributed by atoms with E-state index in [9.17, 15) is 9.59 Å². The van der Waals surface area contributed by atoms with Crippen LogP contribution in [0.5, 0.6) is 5.75 Å². The maximum absolute atomic E-state index is 12.3. The molecule has 0 unspecified atom stereocenters. The molecule has 1 aromatic rings. The first-order valence-corrected chi connectivity index (χ1v) is 8.18. The third-order valence-electron chi connectivity index (χ3n) is 4.39. The molecule has 0 spiro atoms. The van der Waals surface area contributed by atoms with Gasteiger partial charge in [-0.05, 0) is 25.5 Å². The molecule has 1 atom stereocenters. The molecule has 0 radical (unpaired) electrons. The van der Waals surface area contributed by atoms with Gasteiger partial charge in [0.15, 0.2) is 6.61 Å². The van der Waals surface area contributed by atoms with Gasteiger partial charge in [0, 0.05) is 50.4 Å². The minimum Gasteiger partial charge on any atom is -0.484 e. The zero-order valence-corrected chi connectivity index (χ0v) is 13.5. The molecule has 1 N–H and O–H groups in total. The Kier molecular flexibility index (Phi) is 4.81. The van der Waals surface area contributed by atoms with E-state index in [-0.39, 0.29) is 24.5 Å². The Labute approximate surface area is 136 Å². The van der Waals surface area contributed by atoms with Crippen molar-refractivity contribution in [2.45, 2.75) is 25.8 Å². The fraction of sp³-hybridized carbons (Fsp3) is 0.529. The lowest BCUT2D eigenvalue weighted by Gasteiger charge is -2.33. The molecule has 2 fully saturated rings. The number of rotatable bonds is 4. The minimum atomic E-state index is 0.00153. The SMILES string of the molecule is C[C@@H]1CNCCN1C(=O)COc1cccc(N2CCCC2=O)c1. The molecule has 2 aliphatic heterocycles. The van der Waals surface area contributed by atoms with Crippen molar-refractivity contribution in [3.8, 4) is 5.75 Å². The zero-order valence-electron chi connectivity index (χ0n) is 13.5. The van der Waals surface area contributed by atoms with Crippen LogP contribution in [0.15, 0.2) is 24.3 Å². The summed E-state index contributed by atoms with van der Waals surface area (Å²) >= 11 is 0. The Morgan fingerprint density at radius 1 is 1.39 bits per heavy atom. The number of nitrogens with zero attached hydrogens (tertiary/aromatic N) is 2. The van der Waals surface area contributed by atoms with Gasteiger partial charge < -0.3 is 19.9 Å². The van der Waals surface area contributed by atoms with E-state index in [0.717, 1.165) is 31.7 Å². The van der Waals surface area contributed by atoms with Gasteiger partial charge in [0.1, 0.15) is 5.75 Å². The number of carbonyl (C=O) groups excluding carboxylic acids is 2. The highest BCUT2D eigenvalue weighted by molar-refractivity contribution is 5.95. The topological polar surface area (TPSA) is 61.9 Å². The largest absolute Gasteiger partial charge is 0.484 e. The van der Waals surface area contributed by atoms with E-state index < -0.39 is 0 Å². The van der Waals surface area contributed by atoms with Crippen molar-refractivity contribution in [2.24, 2.45) is 0 Å². The monoisotopic (exact) mass is 317 g/mol. The lowest BCUT2D eigenvalue weighted by Crippen LogP contribution is -2.53. The number of nitrogens with one attached hydrogen (secondary N) is 1. The summed E-state index contributed by atoms with van der Waals surface area (Å²) in [7, 11) is 0. The molecule has 0 aliphatic carbocycles.